The van der Waals surface area contributed by atoms with Gasteiger partial charge in [-0.25, -0.2) is 4.98 Å². The summed E-state index contributed by atoms with van der Waals surface area (Å²) >= 11 is 0. The van der Waals surface area contributed by atoms with Crippen molar-refractivity contribution in [3.8, 4) is 0 Å². The van der Waals surface area contributed by atoms with E-state index in [4.69, 9.17) is 0 Å². The zero-order chi connectivity index (χ0) is 18.1. The minimum absolute atomic E-state index is 0.0220. The molecule has 6 nitrogen and oxygen atoms in total. The van der Waals surface area contributed by atoms with E-state index in [1.165, 1.54) is 0 Å². The molecular formula is C20H28N4O2. The first kappa shape index (κ1) is 17.5. The van der Waals surface area contributed by atoms with Crippen molar-refractivity contribution in [1.82, 2.24) is 15.2 Å². The lowest BCUT2D eigenvalue weighted by atomic mass is 9.91. The van der Waals surface area contributed by atoms with Gasteiger partial charge in [-0.2, -0.15) is 0 Å². The SMILES string of the molecule is Cc1ccc(NC(=O)C2CCCN(C(=O)C3CC34CCNCC4)C2)nc1. The molecule has 0 radical (unpaired) electrons. The van der Waals surface area contributed by atoms with Crippen molar-refractivity contribution in [2.75, 3.05) is 31.5 Å². The van der Waals surface area contributed by atoms with E-state index in [-0.39, 0.29) is 29.1 Å². The maximum atomic E-state index is 13.0. The van der Waals surface area contributed by atoms with Crippen molar-refractivity contribution in [2.45, 2.75) is 39.0 Å². The zero-order valence-electron chi connectivity index (χ0n) is 15.5. The second-order valence-corrected chi connectivity index (χ2v) is 8.20. The van der Waals surface area contributed by atoms with Crippen LogP contribution < -0.4 is 10.6 Å². The molecule has 3 aliphatic rings. The number of aryl methyl sites for hydroxylation is 1. The van der Waals surface area contributed by atoms with Crippen LogP contribution in [0, 0.1) is 24.2 Å². The highest BCUT2D eigenvalue weighted by Gasteiger charge is 2.58. The van der Waals surface area contributed by atoms with Crippen LogP contribution in [0.4, 0.5) is 5.82 Å². The van der Waals surface area contributed by atoms with E-state index in [0.717, 1.165) is 57.3 Å². The number of nitrogens with zero attached hydrogens (tertiary/aromatic N) is 2. The second kappa shape index (κ2) is 6.99. The summed E-state index contributed by atoms with van der Waals surface area (Å²) in [7, 11) is 0. The highest BCUT2D eigenvalue weighted by atomic mass is 16.2. The highest BCUT2D eigenvalue weighted by molar-refractivity contribution is 5.92. The fraction of sp³-hybridized carbons (Fsp3) is 0.650. The van der Waals surface area contributed by atoms with E-state index in [1.54, 1.807) is 6.20 Å². The van der Waals surface area contributed by atoms with Crippen LogP contribution in [-0.2, 0) is 9.59 Å². The number of carbonyl (C=O) groups excluding carboxylic acids is 2. The van der Waals surface area contributed by atoms with Crippen LogP contribution in [0.25, 0.3) is 0 Å². The zero-order valence-corrected chi connectivity index (χ0v) is 15.5. The largest absolute Gasteiger partial charge is 0.342 e. The van der Waals surface area contributed by atoms with E-state index < -0.39 is 0 Å². The molecule has 1 aromatic rings. The Balaban J connectivity index is 1.34. The fourth-order valence-corrected chi connectivity index (χ4v) is 4.56. The Morgan fingerprint density at radius 2 is 2.12 bits per heavy atom. The lowest BCUT2D eigenvalue weighted by Gasteiger charge is -2.33. The Labute approximate surface area is 154 Å². The van der Waals surface area contributed by atoms with Gasteiger partial charge in [-0.15, -0.1) is 0 Å². The number of rotatable bonds is 3. The van der Waals surface area contributed by atoms with Gasteiger partial charge in [0.15, 0.2) is 0 Å². The van der Waals surface area contributed by atoms with Crippen molar-refractivity contribution < 1.29 is 9.59 Å². The van der Waals surface area contributed by atoms with Crippen LogP contribution in [0.2, 0.25) is 0 Å². The average molecular weight is 356 g/mol. The molecule has 2 amide bonds. The number of piperidine rings is 2. The lowest BCUT2D eigenvalue weighted by molar-refractivity contribution is -0.136. The molecule has 140 valence electrons. The normalized spacial score (nSPS) is 27.2. The smallest absolute Gasteiger partial charge is 0.230 e. The maximum absolute atomic E-state index is 13.0. The van der Waals surface area contributed by atoms with Gasteiger partial charge in [-0.3, -0.25) is 9.59 Å². The molecule has 4 rings (SSSR count). The maximum Gasteiger partial charge on any atom is 0.230 e. The third-order valence-corrected chi connectivity index (χ3v) is 6.35. The number of aromatic nitrogens is 1. The van der Waals surface area contributed by atoms with Gasteiger partial charge in [0, 0.05) is 25.2 Å². The van der Waals surface area contributed by atoms with Gasteiger partial charge in [0.2, 0.25) is 11.8 Å². The standard InChI is InChI=1S/C20H28N4O2/c1-14-4-5-17(22-12-14)23-18(25)15-3-2-10-24(13-15)19(26)16-11-20(16)6-8-21-9-7-20/h4-5,12,15-16,21H,2-3,6-11,13H2,1H3,(H,22,23,25). The molecule has 1 aliphatic carbocycles. The number of nitrogens with one attached hydrogen (secondary N) is 2. The van der Waals surface area contributed by atoms with Gasteiger partial charge < -0.3 is 15.5 Å². The van der Waals surface area contributed by atoms with Crippen LogP contribution in [0.3, 0.4) is 0 Å². The number of likely N-dealkylation sites (tertiary alicyclic amines) is 1. The molecule has 2 unspecified atom stereocenters. The molecule has 2 atom stereocenters. The Morgan fingerprint density at radius 3 is 2.85 bits per heavy atom. The summed E-state index contributed by atoms with van der Waals surface area (Å²) in [6.45, 7) is 5.35. The monoisotopic (exact) mass is 356 g/mol. The molecule has 6 heteroatoms. The van der Waals surface area contributed by atoms with Crippen LogP contribution in [0.15, 0.2) is 18.3 Å². The number of carbonyl (C=O) groups is 2. The first-order valence-electron chi connectivity index (χ1n) is 9.80. The molecule has 2 N–H and O–H groups in total. The Kier molecular flexibility index (Phi) is 4.69. The fourth-order valence-electron chi connectivity index (χ4n) is 4.56. The van der Waals surface area contributed by atoms with Crippen LogP contribution in [0.5, 0.6) is 0 Å². The van der Waals surface area contributed by atoms with Crippen molar-refractivity contribution in [3.05, 3.63) is 23.9 Å². The third-order valence-electron chi connectivity index (χ3n) is 6.35. The highest BCUT2D eigenvalue weighted by Crippen LogP contribution is 2.59. The van der Waals surface area contributed by atoms with Gasteiger partial charge >= 0.3 is 0 Å². The summed E-state index contributed by atoms with van der Waals surface area (Å²) < 4.78 is 0. The molecule has 2 aliphatic heterocycles. The lowest BCUT2D eigenvalue weighted by Crippen LogP contribution is -2.45. The molecule has 1 aromatic heterocycles. The van der Waals surface area contributed by atoms with Crippen molar-refractivity contribution in [2.24, 2.45) is 17.3 Å². The van der Waals surface area contributed by atoms with Crippen molar-refractivity contribution in [3.63, 3.8) is 0 Å². The van der Waals surface area contributed by atoms with Gasteiger partial charge in [0.1, 0.15) is 5.82 Å². The first-order valence-corrected chi connectivity index (χ1v) is 9.80. The van der Waals surface area contributed by atoms with E-state index in [0.29, 0.717) is 12.4 Å². The third kappa shape index (κ3) is 3.47. The van der Waals surface area contributed by atoms with Gasteiger partial charge in [0.05, 0.1) is 5.92 Å². The first-order chi connectivity index (χ1) is 12.6. The summed E-state index contributed by atoms with van der Waals surface area (Å²) in [5.41, 5.74) is 1.32. The van der Waals surface area contributed by atoms with Gasteiger partial charge in [-0.1, -0.05) is 6.07 Å². The molecule has 2 saturated heterocycles. The second-order valence-electron chi connectivity index (χ2n) is 8.20. The average Bonchev–Trinajstić information content (AvgIpc) is 3.36. The summed E-state index contributed by atoms with van der Waals surface area (Å²) in [5, 5.41) is 6.29. The summed E-state index contributed by atoms with van der Waals surface area (Å²) in [6, 6.07) is 3.76. The molecule has 1 spiro atoms. The van der Waals surface area contributed by atoms with Gasteiger partial charge in [-0.05, 0) is 69.2 Å². The Morgan fingerprint density at radius 1 is 1.31 bits per heavy atom. The number of pyridine rings is 1. The predicted molar refractivity (Wildman–Crippen MR) is 99.6 cm³/mol. The number of amides is 2. The molecule has 1 saturated carbocycles. The minimum Gasteiger partial charge on any atom is -0.342 e. The number of anilines is 1. The molecule has 26 heavy (non-hydrogen) atoms. The number of hydrogen-bond acceptors (Lipinski definition) is 4. The van der Waals surface area contributed by atoms with E-state index in [9.17, 15) is 9.59 Å². The molecule has 3 fully saturated rings. The van der Waals surface area contributed by atoms with Crippen LogP contribution in [0.1, 0.15) is 37.7 Å². The summed E-state index contributed by atoms with van der Waals surface area (Å²) in [6.07, 6.45) is 6.74. The molecule has 0 bridgehead atoms. The Hall–Kier alpha value is -1.95. The van der Waals surface area contributed by atoms with E-state index in [2.05, 4.69) is 15.6 Å². The van der Waals surface area contributed by atoms with Crippen molar-refractivity contribution >= 4 is 17.6 Å². The molecular weight excluding hydrogens is 328 g/mol. The van der Waals surface area contributed by atoms with Crippen LogP contribution in [-0.4, -0.2) is 47.9 Å². The Bertz CT molecular complexity index is 682. The van der Waals surface area contributed by atoms with E-state index in [1.807, 2.05) is 24.0 Å². The molecule has 3 heterocycles. The van der Waals surface area contributed by atoms with Gasteiger partial charge in [0.25, 0.3) is 0 Å². The van der Waals surface area contributed by atoms with E-state index >= 15 is 0 Å². The molecule has 0 aromatic carbocycles. The topological polar surface area (TPSA) is 74.3 Å². The summed E-state index contributed by atoms with van der Waals surface area (Å²) in [5.74, 6) is 0.882. The van der Waals surface area contributed by atoms with Crippen LogP contribution >= 0.6 is 0 Å². The summed E-state index contributed by atoms with van der Waals surface area (Å²) in [4.78, 5) is 31.7. The minimum atomic E-state index is -0.140. The predicted octanol–water partition coefficient (Wildman–Crippen LogP) is 1.96. The quantitative estimate of drug-likeness (QED) is 0.868. The van der Waals surface area contributed by atoms with Crippen molar-refractivity contribution in [1.29, 1.82) is 0 Å². The number of hydrogen-bond donors (Lipinski definition) is 2.